The summed E-state index contributed by atoms with van der Waals surface area (Å²) in [5.74, 6) is 1.34. The third kappa shape index (κ3) is 3.11. The van der Waals surface area contributed by atoms with Crippen LogP contribution in [0.5, 0.6) is 5.75 Å². The number of hydrogen-bond donors (Lipinski definition) is 0. The highest BCUT2D eigenvalue weighted by molar-refractivity contribution is 7.15. The Morgan fingerprint density at radius 2 is 1.85 bits per heavy atom. The zero-order valence-electron chi connectivity index (χ0n) is 14.5. The van der Waals surface area contributed by atoms with Gasteiger partial charge in [0, 0.05) is 5.56 Å². The molecule has 26 heavy (non-hydrogen) atoms. The van der Waals surface area contributed by atoms with Gasteiger partial charge in [-0.3, -0.25) is 4.79 Å². The minimum atomic E-state index is -0.143. The summed E-state index contributed by atoms with van der Waals surface area (Å²) >= 11 is 1.35. The molecule has 2 aromatic carbocycles. The van der Waals surface area contributed by atoms with Crippen molar-refractivity contribution in [3.05, 3.63) is 74.5 Å². The van der Waals surface area contributed by atoms with Gasteiger partial charge in [0.2, 0.25) is 4.96 Å². The van der Waals surface area contributed by atoms with Crippen LogP contribution in [-0.2, 0) is 0 Å². The molecule has 0 aliphatic heterocycles. The summed E-state index contributed by atoms with van der Waals surface area (Å²) in [6, 6.07) is 15.6. The molecule has 0 aliphatic rings. The lowest BCUT2D eigenvalue weighted by molar-refractivity contribution is 0.340. The highest BCUT2D eigenvalue weighted by Crippen LogP contribution is 2.20. The zero-order valence-corrected chi connectivity index (χ0v) is 15.3. The predicted octanol–water partition coefficient (Wildman–Crippen LogP) is 3.07. The number of benzene rings is 2. The molecule has 5 nitrogen and oxygen atoms in total. The van der Waals surface area contributed by atoms with Crippen LogP contribution >= 0.6 is 11.3 Å². The Morgan fingerprint density at radius 1 is 1.12 bits per heavy atom. The van der Waals surface area contributed by atoms with Crippen molar-refractivity contribution >= 4 is 22.4 Å². The third-order valence-corrected chi connectivity index (χ3v) is 4.94. The van der Waals surface area contributed by atoms with Gasteiger partial charge in [-0.1, -0.05) is 41.2 Å². The molecular weight excluding hydrogens is 346 g/mol. The molecule has 0 atom stereocenters. The summed E-state index contributed by atoms with van der Waals surface area (Å²) < 4.78 is 7.44. The second kappa shape index (κ2) is 6.72. The second-order valence-electron chi connectivity index (χ2n) is 5.91. The molecule has 0 N–H and O–H groups in total. The van der Waals surface area contributed by atoms with E-state index in [9.17, 15) is 4.79 Å². The van der Waals surface area contributed by atoms with Crippen LogP contribution in [0.15, 0.2) is 53.3 Å². The molecule has 130 valence electrons. The molecule has 2 heterocycles. The average Bonchev–Trinajstić information content (AvgIpc) is 3.18. The Morgan fingerprint density at radius 3 is 2.50 bits per heavy atom. The average molecular weight is 363 g/mol. The van der Waals surface area contributed by atoms with Gasteiger partial charge < -0.3 is 4.74 Å². The number of aryl methyl sites for hydroxylation is 1. The van der Waals surface area contributed by atoms with Crippen molar-refractivity contribution in [1.82, 2.24) is 14.6 Å². The molecule has 0 saturated heterocycles. The highest BCUT2D eigenvalue weighted by Gasteiger charge is 2.12. The van der Waals surface area contributed by atoms with Crippen molar-refractivity contribution in [2.24, 2.45) is 0 Å². The van der Waals surface area contributed by atoms with Crippen molar-refractivity contribution in [1.29, 1.82) is 0 Å². The van der Waals surface area contributed by atoms with E-state index in [1.54, 1.807) is 0 Å². The van der Waals surface area contributed by atoms with Gasteiger partial charge in [-0.05, 0) is 49.8 Å². The molecular formula is C20H17N3O2S. The first kappa shape index (κ1) is 16.5. The molecule has 0 saturated carbocycles. The Bertz CT molecular complexity index is 1160. The lowest BCUT2D eigenvalue weighted by Crippen LogP contribution is -2.23. The van der Waals surface area contributed by atoms with Crippen LogP contribution in [0, 0.1) is 6.92 Å². The Labute approximate surface area is 154 Å². The normalized spacial score (nSPS) is 12.0. The van der Waals surface area contributed by atoms with Gasteiger partial charge in [-0.2, -0.15) is 9.50 Å². The standard InChI is InChI=1S/C20H17N3O2S/c1-3-25-16-10-8-15(9-11-16)18-21-20-23(22-18)19(24)17(26-20)12-14-6-4-13(2)5-7-14/h4-12H,3H2,1-2H3/b17-12-. The molecule has 0 radical (unpaired) electrons. The van der Waals surface area contributed by atoms with E-state index in [1.807, 2.05) is 68.5 Å². The van der Waals surface area contributed by atoms with E-state index in [0.29, 0.717) is 21.9 Å². The largest absolute Gasteiger partial charge is 0.494 e. The summed E-state index contributed by atoms with van der Waals surface area (Å²) in [7, 11) is 0. The lowest BCUT2D eigenvalue weighted by Gasteiger charge is -2.02. The maximum Gasteiger partial charge on any atom is 0.291 e. The van der Waals surface area contributed by atoms with E-state index in [2.05, 4.69) is 10.1 Å². The topological polar surface area (TPSA) is 56.5 Å². The van der Waals surface area contributed by atoms with Gasteiger partial charge >= 0.3 is 0 Å². The van der Waals surface area contributed by atoms with Crippen molar-refractivity contribution in [3.8, 4) is 17.1 Å². The Hall–Kier alpha value is -2.99. The number of aromatic nitrogens is 3. The number of ether oxygens (including phenoxy) is 1. The SMILES string of the molecule is CCOc1ccc(-c2nc3s/c(=C\c4ccc(C)cc4)c(=O)n3n2)cc1. The first-order valence-corrected chi connectivity index (χ1v) is 9.17. The van der Waals surface area contributed by atoms with Crippen LogP contribution in [0.1, 0.15) is 18.1 Å². The molecule has 6 heteroatoms. The summed E-state index contributed by atoms with van der Waals surface area (Å²) in [6.07, 6.45) is 1.87. The van der Waals surface area contributed by atoms with E-state index < -0.39 is 0 Å². The molecule has 0 bridgehead atoms. The predicted molar refractivity (Wildman–Crippen MR) is 104 cm³/mol. The molecule has 0 unspecified atom stereocenters. The van der Waals surface area contributed by atoms with Crippen LogP contribution in [-0.4, -0.2) is 21.2 Å². The Balaban J connectivity index is 1.71. The van der Waals surface area contributed by atoms with Crippen molar-refractivity contribution in [3.63, 3.8) is 0 Å². The summed E-state index contributed by atoms with van der Waals surface area (Å²) in [6.45, 7) is 4.60. The fourth-order valence-corrected chi connectivity index (χ4v) is 3.54. The first-order chi connectivity index (χ1) is 12.6. The molecule has 4 aromatic rings. The minimum Gasteiger partial charge on any atom is -0.494 e. The van der Waals surface area contributed by atoms with E-state index in [1.165, 1.54) is 21.4 Å². The molecule has 0 spiro atoms. The monoisotopic (exact) mass is 363 g/mol. The Kier molecular flexibility index (Phi) is 4.26. The van der Waals surface area contributed by atoms with Crippen LogP contribution in [0.3, 0.4) is 0 Å². The van der Waals surface area contributed by atoms with Crippen molar-refractivity contribution in [2.45, 2.75) is 13.8 Å². The van der Waals surface area contributed by atoms with Gasteiger partial charge in [-0.25, -0.2) is 0 Å². The number of thiazole rings is 1. The van der Waals surface area contributed by atoms with Crippen molar-refractivity contribution in [2.75, 3.05) is 6.61 Å². The lowest BCUT2D eigenvalue weighted by atomic mass is 10.1. The second-order valence-corrected chi connectivity index (χ2v) is 6.92. The fourth-order valence-electron chi connectivity index (χ4n) is 2.64. The summed E-state index contributed by atoms with van der Waals surface area (Å²) in [4.78, 5) is 17.7. The van der Waals surface area contributed by atoms with Gasteiger partial charge in [0.1, 0.15) is 5.75 Å². The highest BCUT2D eigenvalue weighted by atomic mass is 32.1. The van der Waals surface area contributed by atoms with Gasteiger partial charge in [0.25, 0.3) is 5.56 Å². The molecule has 2 aromatic heterocycles. The van der Waals surface area contributed by atoms with Crippen LogP contribution in [0.4, 0.5) is 0 Å². The maximum atomic E-state index is 12.6. The van der Waals surface area contributed by atoms with Crippen LogP contribution in [0.2, 0.25) is 0 Å². The van der Waals surface area contributed by atoms with Crippen molar-refractivity contribution < 1.29 is 4.74 Å². The zero-order chi connectivity index (χ0) is 18.1. The molecule has 0 amide bonds. The maximum absolute atomic E-state index is 12.6. The number of fused-ring (bicyclic) bond motifs is 1. The summed E-state index contributed by atoms with van der Waals surface area (Å²) in [5, 5.41) is 4.38. The fraction of sp³-hybridized carbons (Fsp3) is 0.150. The third-order valence-electron chi connectivity index (χ3n) is 3.98. The van der Waals surface area contributed by atoms with Crippen LogP contribution < -0.4 is 14.8 Å². The van der Waals surface area contributed by atoms with Gasteiger partial charge in [0.05, 0.1) is 11.1 Å². The van der Waals surface area contributed by atoms with E-state index in [0.717, 1.165) is 16.9 Å². The van der Waals surface area contributed by atoms with Gasteiger partial charge in [0.15, 0.2) is 5.82 Å². The molecule has 4 rings (SSSR count). The molecule has 0 fully saturated rings. The quantitative estimate of drug-likeness (QED) is 0.559. The smallest absolute Gasteiger partial charge is 0.291 e. The molecule has 0 aliphatic carbocycles. The number of nitrogens with zero attached hydrogens (tertiary/aromatic N) is 3. The van der Waals surface area contributed by atoms with Gasteiger partial charge in [-0.15, -0.1) is 5.10 Å². The summed E-state index contributed by atoms with van der Waals surface area (Å²) in [5.41, 5.74) is 2.89. The van der Waals surface area contributed by atoms with Crippen LogP contribution in [0.25, 0.3) is 22.4 Å². The number of hydrogen-bond acceptors (Lipinski definition) is 5. The number of rotatable bonds is 4. The first-order valence-electron chi connectivity index (χ1n) is 8.35. The van der Waals surface area contributed by atoms with E-state index in [4.69, 9.17) is 4.74 Å². The van der Waals surface area contributed by atoms with E-state index >= 15 is 0 Å². The minimum absolute atomic E-state index is 0.143. The van der Waals surface area contributed by atoms with E-state index in [-0.39, 0.29) is 5.56 Å².